The van der Waals surface area contributed by atoms with E-state index in [-0.39, 0.29) is 11.1 Å². The van der Waals surface area contributed by atoms with Crippen molar-refractivity contribution in [3.05, 3.63) is 117 Å². The number of rotatable bonds is 6. The summed E-state index contributed by atoms with van der Waals surface area (Å²) in [5, 5.41) is 11.1. The van der Waals surface area contributed by atoms with E-state index in [4.69, 9.17) is 0 Å². The number of imidazole rings is 1. The van der Waals surface area contributed by atoms with E-state index in [9.17, 15) is 23.1 Å². The first-order chi connectivity index (χ1) is 16.2. The Kier molecular flexibility index (Phi) is 6.43. The molecule has 0 aliphatic heterocycles. The first kappa shape index (κ1) is 23.5. The number of nitrogens with zero attached hydrogens (tertiary/aromatic N) is 3. The third kappa shape index (κ3) is 4.54. The van der Waals surface area contributed by atoms with Gasteiger partial charge in [-0.05, 0) is 61.7 Å². The fourth-order valence-corrected chi connectivity index (χ4v) is 4.02. The molecule has 0 amide bonds. The third-order valence-electron chi connectivity index (χ3n) is 5.93. The van der Waals surface area contributed by atoms with Gasteiger partial charge >= 0.3 is 0 Å². The van der Waals surface area contributed by atoms with Crippen LogP contribution in [0.5, 0.6) is 0 Å². The molecule has 2 heterocycles. The molecular weight excluding hydrogens is 443 g/mol. The van der Waals surface area contributed by atoms with E-state index < -0.39 is 29.9 Å². The molecule has 34 heavy (non-hydrogen) atoms. The lowest BCUT2D eigenvalue weighted by molar-refractivity contribution is 0.149. The molecule has 0 saturated heterocycles. The Morgan fingerprint density at radius 1 is 0.941 bits per heavy atom. The number of halogens is 3. The van der Waals surface area contributed by atoms with Crippen LogP contribution in [0, 0.1) is 19.7 Å². The molecule has 2 aromatic carbocycles. The molecule has 0 aliphatic carbocycles. The summed E-state index contributed by atoms with van der Waals surface area (Å²) in [6.45, 7) is 5.38. The molecule has 0 spiro atoms. The molecule has 2 atom stereocenters. The average Bonchev–Trinajstić information content (AvgIpc) is 3.24. The Hall–Kier alpha value is -3.65. The van der Waals surface area contributed by atoms with Crippen molar-refractivity contribution >= 4 is 0 Å². The zero-order valence-corrected chi connectivity index (χ0v) is 18.9. The number of aryl methyl sites for hydroxylation is 2. The summed E-state index contributed by atoms with van der Waals surface area (Å²) in [6, 6.07) is 11.0. The van der Waals surface area contributed by atoms with Gasteiger partial charge in [-0.3, -0.25) is 4.79 Å². The van der Waals surface area contributed by atoms with Crippen LogP contribution in [-0.4, -0.2) is 19.2 Å². The summed E-state index contributed by atoms with van der Waals surface area (Å²) >= 11 is 0. The Labute approximate surface area is 194 Å². The summed E-state index contributed by atoms with van der Waals surface area (Å²) < 4.78 is 43.7. The number of hydrogen-bond acceptors (Lipinski definition) is 3. The highest BCUT2D eigenvalue weighted by Gasteiger charge is 2.23. The summed E-state index contributed by atoms with van der Waals surface area (Å²) in [6.07, 6.45) is 0.379. The van der Waals surface area contributed by atoms with Crippen molar-refractivity contribution in [1.82, 2.24) is 14.1 Å². The lowest BCUT2D eigenvalue weighted by Crippen LogP contribution is -2.29. The highest BCUT2D eigenvalue weighted by Crippen LogP contribution is 2.28. The second kappa shape index (κ2) is 9.30. The van der Waals surface area contributed by atoms with Gasteiger partial charge in [-0.15, -0.1) is 0 Å². The number of benzene rings is 2. The van der Waals surface area contributed by atoms with Crippen molar-refractivity contribution in [2.24, 2.45) is 0 Å². The molecule has 0 radical (unpaired) electrons. The maximum atomic E-state index is 13.7. The van der Waals surface area contributed by atoms with E-state index in [1.807, 2.05) is 24.6 Å². The summed E-state index contributed by atoms with van der Waals surface area (Å²) in [4.78, 5) is 17.5. The number of alkyl halides is 2. The zero-order chi connectivity index (χ0) is 24.6. The van der Waals surface area contributed by atoms with Gasteiger partial charge in [0.05, 0.1) is 23.6 Å². The molecule has 0 bridgehead atoms. The van der Waals surface area contributed by atoms with E-state index in [2.05, 4.69) is 4.98 Å². The maximum absolute atomic E-state index is 13.7. The van der Waals surface area contributed by atoms with Crippen molar-refractivity contribution in [3.8, 4) is 5.69 Å². The topological polar surface area (TPSA) is 60.0 Å². The zero-order valence-electron chi connectivity index (χ0n) is 18.9. The van der Waals surface area contributed by atoms with Crippen LogP contribution in [-0.2, 0) is 0 Å². The second-order valence-electron chi connectivity index (χ2n) is 8.34. The second-order valence-corrected chi connectivity index (χ2v) is 8.34. The van der Waals surface area contributed by atoms with Crippen LogP contribution in [0.15, 0.2) is 72.0 Å². The number of aliphatic hydroxyl groups is 1. The molecular formula is C26H24F3N3O2. The fourth-order valence-electron chi connectivity index (χ4n) is 4.02. The Bertz CT molecular complexity index is 1380. The average molecular weight is 467 g/mol. The monoisotopic (exact) mass is 467 g/mol. The van der Waals surface area contributed by atoms with Gasteiger partial charge in [-0.1, -0.05) is 24.3 Å². The molecule has 0 fully saturated rings. The van der Waals surface area contributed by atoms with Gasteiger partial charge in [-0.25, -0.2) is 18.2 Å². The van der Waals surface area contributed by atoms with Crippen molar-refractivity contribution in [1.29, 1.82) is 0 Å². The largest absolute Gasteiger partial charge is 0.383 e. The minimum Gasteiger partial charge on any atom is -0.383 e. The smallest absolute Gasteiger partial charge is 0.265 e. The van der Waals surface area contributed by atoms with Crippen molar-refractivity contribution < 1.29 is 18.3 Å². The Balaban J connectivity index is 1.77. The minimum atomic E-state index is -2.84. The summed E-state index contributed by atoms with van der Waals surface area (Å²) in [5.41, 5.74) is 2.36. The molecule has 0 aliphatic rings. The molecule has 1 N–H and O–H groups in total. The first-order valence-electron chi connectivity index (χ1n) is 10.7. The predicted molar refractivity (Wildman–Crippen MR) is 123 cm³/mol. The van der Waals surface area contributed by atoms with Gasteiger partial charge in [0.1, 0.15) is 11.9 Å². The number of aliphatic hydroxyl groups excluding tert-OH is 1. The number of aromatic nitrogens is 3. The minimum absolute atomic E-state index is 0.155. The lowest BCUT2D eigenvalue weighted by atomic mass is 9.98. The van der Waals surface area contributed by atoms with Gasteiger partial charge < -0.3 is 14.2 Å². The molecule has 4 rings (SSSR count). The SMILES string of the molecule is Cc1cn(-c2ccc(C(O)c3cc(C(F)F)cn([C@@H](C)c4ccc(F)cc4)c3=O)cc2C)cn1. The van der Waals surface area contributed by atoms with Gasteiger partial charge in [-0.2, -0.15) is 0 Å². The van der Waals surface area contributed by atoms with Crippen LogP contribution in [0.3, 0.4) is 0 Å². The third-order valence-corrected chi connectivity index (χ3v) is 5.93. The van der Waals surface area contributed by atoms with Gasteiger partial charge in [0.25, 0.3) is 12.0 Å². The standard InChI is InChI=1S/C26H24F3N3O2/c1-15-10-19(6-9-23(15)31-12-16(2)30-14-31)24(33)22-11-20(25(28)29)13-32(26(22)34)17(3)18-4-7-21(27)8-5-18/h4-14,17,24-25,33H,1-3H3/t17-,24?/m0/s1. The molecule has 0 saturated carbocycles. The number of hydrogen-bond donors (Lipinski definition) is 1. The normalized spacial score (nSPS) is 13.3. The van der Waals surface area contributed by atoms with E-state index >= 15 is 0 Å². The Morgan fingerprint density at radius 2 is 1.62 bits per heavy atom. The van der Waals surface area contributed by atoms with Gasteiger partial charge in [0.2, 0.25) is 0 Å². The fraction of sp³-hybridized carbons (Fsp3) is 0.231. The molecule has 176 valence electrons. The molecule has 4 aromatic rings. The van der Waals surface area contributed by atoms with Crippen molar-refractivity contribution in [2.45, 2.75) is 39.3 Å². The Morgan fingerprint density at radius 3 is 2.21 bits per heavy atom. The molecule has 5 nitrogen and oxygen atoms in total. The van der Waals surface area contributed by atoms with Crippen LogP contribution in [0.1, 0.15) is 59.0 Å². The lowest BCUT2D eigenvalue weighted by Gasteiger charge is -2.21. The summed E-state index contributed by atoms with van der Waals surface area (Å²) in [5.74, 6) is -0.439. The maximum Gasteiger partial charge on any atom is 0.265 e. The first-order valence-corrected chi connectivity index (χ1v) is 10.7. The highest BCUT2D eigenvalue weighted by atomic mass is 19.3. The summed E-state index contributed by atoms with van der Waals surface area (Å²) in [7, 11) is 0. The highest BCUT2D eigenvalue weighted by molar-refractivity contribution is 5.45. The van der Waals surface area contributed by atoms with Crippen molar-refractivity contribution in [2.75, 3.05) is 0 Å². The van der Waals surface area contributed by atoms with E-state index in [1.54, 1.807) is 31.5 Å². The van der Waals surface area contributed by atoms with Crippen LogP contribution >= 0.6 is 0 Å². The van der Waals surface area contributed by atoms with E-state index in [0.29, 0.717) is 11.1 Å². The predicted octanol–water partition coefficient (Wildman–Crippen LogP) is 5.42. The van der Waals surface area contributed by atoms with Crippen LogP contribution in [0.2, 0.25) is 0 Å². The van der Waals surface area contributed by atoms with Crippen LogP contribution < -0.4 is 5.56 Å². The molecule has 8 heteroatoms. The van der Waals surface area contributed by atoms with E-state index in [1.165, 1.54) is 24.3 Å². The van der Waals surface area contributed by atoms with Gasteiger partial charge in [0, 0.05) is 23.6 Å². The van der Waals surface area contributed by atoms with Crippen LogP contribution in [0.4, 0.5) is 13.2 Å². The van der Waals surface area contributed by atoms with Crippen LogP contribution in [0.25, 0.3) is 5.69 Å². The molecule has 1 unspecified atom stereocenters. The van der Waals surface area contributed by atoms with E-state index in [0.717, 1.165) is 33.8 Å². The van der Waals surface area contributed by atoms with Crippen molar-refractivity contribution in [3.63, 3.8) is 0 Å². The van der Waals surface area contributed by atoms with Gasteiger partial charge in [0.15, 0.2) is 0 Å². The quantitative estimate of drug-likeness (QED) is 0.412. The number of pyridine rings is 1. The molecule has 2 aromatic heterocycles.